The molecule has 1 aromatic heterocycles. The molecule has 1 fully saturated rings. The highest BCUT2D eigenvalue weighted by molar-refractivity contribution is 5.81. The zero-order chi connectivity index (χ0) is 14.4. The van der Waals surface area contributed by atoms with Crippen molar-refractivity contribution in [3.63, 3.8) is 0 Å². The Morgan fingerprint density at radius 1 is 1.45 bits per heavy atom. The second kappa shape index (κ2) is 6.80. The van der Waals surface area contributed by atoms with Crippen LogP contribution in [0, 0.1) is 10.1 Å². The van der Waals surface area contributed by atoms with Crippen molar-refractivity contribution in [2.24, 2.45) is 5.10 Å². The van der Waals surface area contributed by atoms with Gasteiger partial charge in [0.1, 0.15) is 4.92 Å². The first-order valence-electron chi connectivity index (χ1n) is 6.43. The molecule has 2 heterocycles. The molecular weight excluding hydrogens is 264 g/mol. The van der Waals surface area contributed by atoms with E-state index in [0.717, 1.165) is 25.9 Å². The number of nitrogens with one attached hydrogen (secondary N) is 1. The minimum absolute atomic E-state index is 0.204. The predicted molar refractivity (Wildman–Crippen MR) is 71.4 cm³/mol. The maximum Gasteiger partial charge on any atom is 0.433 e. The van der Waals surface area contributed by atoms with Gasteiger partial charge < -0.3 is 4.42 Å². The first kappa shape index (κ1) is 14.2. The van der Waals surface area contributed by atoms with E-state index in [-0.39, 0.29) is 17.6 Å². The van der Waals surface area contributed by atoms with Gasteiger partial charge in [0.25, 0.3) is 5.91 Å². The Morgan fingerprint density at radius 2 is 2.20 bits per heavy atom. The smallest absolute Gasteiger partial charge is 0.400 e. The van der Waals surface area contributed by atoms with Crippen LogP contribution in [0.5, 0.6) is 0 Å². The van der Waals surface area contributed by atoms with Crippen molar-refractivity contribution >= 4 is 18.0 Å². The molecule has 2 rings (SSSR count). The van der Waals surface area contributed by atoms with Crippen LogP contribution in [0.1, 0.15) is 25.0 Å². The molecule has 0 aliphatic carbocycles. The van der Waals surface area contributed by atoms with Gasteiger partial charge in [0.2, 0.25) is 0 Å². The van der Waals surface area contributed by atoms with Gasteiger partial charge in [-0.3, -0.25) is 19.8 Å². The number of carbonyl (C=O) groups is 1. The van der Waals surface area contributed by atoms with Crippen LogP contribution in [0.4, 0.5) is 5.88 Å². The van der Waals surface area contributed by atoms with E-state index in [1.807, 2.05) is 0 Å². The van der Waals surface area contributed by atoms with E-state index in [1.165, 1.54) is 24.8 Å². The Bertz CT molecular complexity index is 505. The van der Waals surface area contributed by atoms with Gasteiger partial charge in [0, 0.05) is 0 Å². The van der Waals surface area contributed by atoms with Crippen molar-refractivity contribution in [2.45, 2.75) is 19.3 Å². The van der Waals surface area contributed by atoms with Crippen molar-refractivity contribution in [2.75, 3.05) is 19.6 Å². The molecule has 1 saturated heterocycles. The fourth-order valence-electron chi connectivity index (χ4n) is 2.03. The summed E-state index contributed by atoms with van der Waals surface area (Å²) in [5.74, 6) is -0.342. The first-order valence-corrected chi connectivity index (χ1v) is 6.43. The third-order valence-corrected chi connectivity index (χ3v) is 2.99. The molecular formula is C12H16N4O4. The van der Waals surface area contributed by atoms with Crippen LogP contribution in [0.15, 0.2) is 21.7 Å². The first-order chi connectivity index (χ1) is 9.65. The van der Waals surface area contributed by atoms with E-state index in [4.69, 9.17) is 4.42 Å². The summed E-state index contributed by atoms with van der Waals surface area (Å²) >= 11 is 0. The molecule has 0 unspecified atom stereocenters. The Kier molecular flexibility index (Phi) is 4.83. The Hall–Kier alpha value is -2.22. The van der Waals surface area contributed by atoms with Gasteiger partial charge in [-0.2, -0.15) is 5.10 Å². The van der Waals surface area contributed by atoms with Crippen molar-refractivity contribution < 1.29 is 14.1 Å². The van der Waals surface area contributed by atoms with Gasteiger partial charge in [0.05, 0.1) is 18.8 Å². The topological polar surface area (TPSA) is 101 Å². The molecule has 1 aliphatic rings. The molecule has 8 heteroatoms. The van der Waals surface area contributed by atoms with Crippen molar-refractivity contribution in [1.29, 1.82) is 0 Å². The van der Waals surface area contributed by atoms with Crippen molar-refractivity contribution in [1.82, 2.24) is 10.3 Å². The lowest BCUT2D eigenvalue weighted by Crippen LogP contribution is -2.38. The highest BCUT2D eigenvalue weighted by atomic mass is 16.6. The third kappa shape index (κ3) is 4.16. The summed E-state index contributed by atoms with van der Waals surface area (Å²) in [5.41, 5.74) is 2.38. The van der Waals surface area contributed by atoms with Crippen LogP contribution in [0.2, 0.25) is 0 Å². The predicted octanol–water partition coefficient (Wildman–Crippen LogP) is 1.12. The average Bonchev–Trinajstić information content (AvgIpc) is 2.89. The maximum absolute atomic E-state index is 11.6. The molecule has 8 nitrogen and oxygen atoms in total. The normalized spacial score (nSPS) is 16.4. The third-order valence-electron chi connectivity index (χ3n) is 2.99. The molecule has 108 valence electrons. The number of hydrazone groups is 1. The number of rotatable bonds is 5. The lowest BCUT2D eigenvalue weighted by Gasteiger charge is -2.25. The molecule has 20 heavy (non-hydrogen) atoms. The van der Waals surface area contributed by atoms with Gasteiger partial charge in [-0.1, -0.05) is 6.42 Å². The van der Waals surface area contributed by atoms with E-state index in [1.54, 1.807) is 0 Å². The quantitative estimate of drug-likeness (QED) is 0.495. The largest absolute Gasteiger partial charge is 0.433 e. The van der Waals surface area contributed by atoms with E-state index >= 15 is 0 Å². The SMILES string of the molecule is O=C(CN1CCCCC1)N/N=C/c1ccc([N+](=O)[O-])o1. The maximum atomic E-state index is 11.6. The van der Waals surface area contributed by atoms with Gasteiger partial charge in [-0.05, 0) is 32.0 Å². The summed E-state index contributed by atoms with van der Waals surface area (Å²) < 4.78 is 4.87. The molecule has 0 saturated carbocycles. The van der Waals surface area contributed by atoms with Crippen molar-refractivity contribution in [3.8, 4) is 0 Å². The summed E-state index contributed by atoms with van der Waals surface area (Å²) in [6, 6.07) is 2.65. The zero-order valence-corrected chi connectivity index (χ0v) is 10.9. The van der Waals surface area contributed by atoms with E-state index in [0.29, 0.717) is 6.54 Å². The summed E-state index contributed by atoms with van der Waals surface area (Å²) in [6.45, 7) is 2.18. The van der Waals surface area contributed by atoms with Crippen LogP contribution in [-0.4, -0.2) is 41.6 Å². The second-order valence-corrected chi connectivity index (χ2v) is 4.56. The molecule has 1 N–H and O–H groups in total. The Balaban J connectivity index is 1.76. The highest BCUT2D eigenvalue weighted by Crippen LogP contribution is 2.13. The fourth-order valence-corrected chi connectivity index (χ4v) is 2.03. The van der Waals surface area contributed by atoms with Crippen LogP contribution in [0.25, 0.3) is 0 Å². The Labute approximate surface area is 115 Å². The number of nitrogens with zero attached hydrogens (tertiary/aromatic N) is 3. The highest BCUT2D eigenvalue weighted by Gasteiger charge is 2.13. The number of piperidine rings is 1. The Morgan fingerprint density at radius 3 is 2.85 bits per heavy atom. The molecule has 1 amide bonds. The number of furan rings is 1. The minimum Gasteiger partial charge on any atom is -0.400 e. The molecule has 0 aromatic carbocycles. The lowest BCUT2D eigenvalue weighted by molar-refractivity contribution is -0.402. The number of nitro groups is 1. The van der Waals surface area contributed by atoms with Crippen LogP contribution >= 0.6 is 0 Å². The number of hydrogen-bond acceptors (Lipinski definition) is 6. The summed E-state index contributed by atoms with van der Waals surface area (Å²) in [4.78, 5) is 23.5. The van der Waals surface area contributed by atoms with Gasteiger partial charge >= 0.3 is 5.88 Å². The summed E-state index contributed by atoms with van der Waals surface area (Å²) in [6.07, 6.45) is 4.69. The number of likely N-dealkylation sites (tertiary alicyclic amines) is 1. The van der Waals surface area contributed by atoms with Gasteiger partial charge in [-0.25, -0.2) is 5.43 Å². The van der Waals surface area contributed by atoms with Gasteiger partial charge in [0.15, 0.2) is 5.76 Å². The molecule has 0 spiro atoms. The summed E-state index contributed by atoms with van der Waals surface area (Å²) in [7, 11) is 0. The van der Waals surface area contributed by atoms with Crippen molar-refractivity contribution in [3.05, 3.63) is 28.0 Å². The van der Waals surface area contributed by atoms with E-state index in [9.17, 15) is 14.9 Å². The summed E-state index contributed by atoms with van der Waals surface area (Å²) in [5, 5.41) is 14.1. The fraction of sp³-hybridized carbons (Fsp3) is 0.500. The number of amides is 1. The zero-order valence-electron chi connectivity index (χ0n) is 10.9. The molecule has 0 bridgehead atoms. The average molecular weight is 280 g/mol. The van der Waals surface area contributed by atoms with Crippen LogP contribution in [0.3, 0.4) is 0 Å². The number of hydrogen-bond donors (Lipinski definition) is 1. The van der Waals surface area contributed by atoms with Crippen LogP contribution < -0.4 is 5.43 Å². The second-order valence-electron chi connectivity index (χ2n) is 4.56. The van der Waals surface area contributed by atoms with E-state index in [2.05, 4.69) is 15.4 Å². The minimum atomic E-state index is -0.633. The molecule has 0 radical (unpaired) electrons. The standard InChI is InChI=1S/C12H16N4O4/c17-11(9-15-6-2-1-3-7-15)14-13-8-10-4-5-12(20-10)16(18)19/h4-5,8H,1-3,6-7,9H2,(H,14,17)/b13-8+. The van der Waals surface area contributed by atoms with Gasteiger partial charge in [-0.15, -0.1) is 0 Å². The molecule has 0 atom stereocenters. The lowest BCUT2D eigenvalue weighted by atomic mass is 10.1. The monoisotopic (exact) mass is 280 g/mol. The number of carbonyl (C=O) groups excluding carboxylic acids is 1. The molecule has 1 aliphatic heterocycles. The van der Waals surface area contributed by atoms with Crippen LogP contribution in [-0.2, 0) is 4.79 Å². The molecule has 1 aromatic rings. The van der Waals surface area contributed by atoms with E-state index < -0.39 is 4.92 Å².